The molecule has 0 aliphatic rings. The summed E-state index contributed by atoms with van der Waals surface area (Å²) in [4.78, 5) is 8.73. The van der Waals surface area contributed by atoms with E-state index in [1.54, 1.807) is 6.20 Å². The van der Waals surface area contributed by atoms with Crippen molar-refractivity contribution in [3.05, 3.63) is 72.9 Å². The quantitative estimate of drug-likeness (QED) is 0.704. The number of aromatic nitrogens is 2. The van der Waals surface area contributed by atoms with Gasteiger partial charge in [0.1, 0.15) is 5.75 Å². The van der Waals surface area contributed by atoms with Crippen molar-refractivity contribution in [1.29, 1.82) is 0 Å². The summed E-state index contributed by atoms with van der Waals surface area (Å²) in [6, 6.07) is 21.0. The van der Waals surface area contributed by atoms with Crippen LogP contribution in [-0.4, -0.2) is 9.97 Å². The Morgan fingerprint density at radius 2 is 1.47 bits per heavy atom. The van der Waals surface area contributed by atoms with Crippen molar-refractivity contribution < 1.29 is 4.74 Å². The van der Waals surface area contributed by atoms with Crippen LogP contribution in [0.1, 0.15) is 0 Å². The highest BCUT2D eigenvalue weighted by molar-refractivity contribution is 5.54. The van der Waals surface area contributed by atoms with Crippen molar-refractivity contribution in [1.82, 2.24) is 9.97 Å². The van der Waals surface area contributed by atoms with Crippen molar-refractivity contribution in [2.24, 2.45) is 0 Å². The van der Waals surface area contributed by atoms with E-state index in [9.17, 15) is 0 Å². The lowest BCUT2D eigenvalue weighted by molar-refractivity contribution is 0.463. The molecule has 3 aromatic rings. The van der Waals surface area contributed by atoms with E-state index in [0.29, 0.717) is 5.88 Å². The van der Waals surface area contributed by atoms with E-state index >= 15 is 0 Å². The first-order valence-corrected chi connectivity index (χ1v) is 6.03. The molecule has 0 aliphatic heterocycles. The number of nitrogens with zero attached hydrogens (tertiary/aromatic N) is 2. The number of para-hydroxylation sites is 1. The molecule has 2 heterocycles. The van der Waals surface area contributed by atoms with E-state index in [4.69, 9.17) is 4.74 Å². The van der Waals surface area contributed by atoms with Gasteiger partial charge in [-0.15, -0.1) is 0 Å². The lowest BCUT2D eigenvalue weighted by Gasteiger charge is -2.06. The minimum Gasteiger partial charge on any atom is -0.439 e. The fraction of sp³-hybridized carbons (Fsp3) is 0. The van der Waals surface area contributed by atoms with E-state index in [1.807, 2.05) is 66.7 Å². The first-order chi connectivity index (χ1) is 9.42. The molecule has 0 aliphatic carbocycles. The molecule has 0 saturated carbocycles. The molecule has 3 heteroatoms. The molecule has 19 heavy (non-hydrogen) atoms. The van der Waals surface area contributed by atoms with Gasteiger partial charge in [0.05, 0.1) is 11.4 Å². The number of pyridine rings is 2. The van der Waals surface area contributed by atoms with Crippen molar-refractivity contribution in [3.63, 3.8) is 0 Å². The molecule has 3 rings (SSSR count). The zero-order valence-corrected chi connectivity index (χ0v) is 10.2. The van der Waals surface area contributed by atoms with Gasteiger partial charge in [-0.3, -0.25) is 4.98 Å². The summed E-state index contributed by atoms with van der Waals surface area (Å²) < 4.78 is 5.70. The van der Waals surface area contributed by atoms with E-state index in [-0.39, 0.29) is 0 Å². The Hall–Kier alpha value is -2.68. The summed E-state index contributed by atoms with van der Waals surface area (Å²) in [6.07, 6.45) is 1.75. The number of rotatable bonds is 3. The van der Waals surface area contributed by atoms with Crippen molar-refractivity contribution in [2.45, 2.75) is 0 Å². The Bertz CT molecular complexity index is 654. The van der Waals surface area contributed by atoms with Crippen LogP contribution in [0.2, 0.25) is 0 Å². The minimum absolute atomic E-state index is 0.564. The molecule has 0 fully saturated rings. The number of benzene rings is 1. The second-order valence-electron chi connectivity index (χ2n) is 3.99. The summed E-state index contributed by atoms with van der Waals surface area (Å²) >= 11 is 0. The monoisotopic (exact) mass is 248 g/mol. The normalized spacial score (nSPS) is 10.1. The van der Waals surface area contributed by atoms with Gasteiger partial charge in [0.15, 0.2) is 0 Å². The smallest absolute Gasteiger partial charge is 0.219 e. The zero-order chi connectivity index (χ0) is 12.9. The van der Waals surface area contributed by atoms with Gasteiger partial charge in [-0.1, -0.05) is 30.3 Å². The van der Waals surface area contributed by atoms with Gasteiger partial charge in [0, 0.05) is 12.3 Å². The fourth-order valence-electron chi connectivity index (χ4n) is 1.74. The average Bonchev–Trinajstić information content (AvgIpc) is 2.49. The van der Waals surface area contributed by atoms with Crippen molar-refractivity contribution >= 4 is 0 Å². The van der Waals surface area contributed by atoms with E-state index in [0.717, 1.165) is 17.1 Å². The number of ether oxygens (including phenoxy) is 1. The highest BCUT2D eigenvalue weighted by atomic mass is 16.5. The molecule has 0 N–H and O–H groups in total. The van der Waals surface area contributed by atoms with Crippen LogP contribution in [0.4, 0.5) is 0 Å². The maximum atomic E-state index is 5.70. The molecular weight excluding hydrogens is 236 g/mol. The Labute approximate surface area is 111 Å². The molecule has 0 saturated heterocycles. The number of hydrogen-bond acceptors (Lipinski definition) is 3. The van der Waals surface area contributed by atoms with Gasteiger partial charge in [0.25, 0.3) is 0 Å². The molecule has 0 amide bonds. The van der Waals surface area contributed by atoms with E-state index in [2.05, 4.69) is 9.97 Å². The highest BCUT2D eigenvalue weighted by Gasteiger charge is 2.03. The van der Waals surface area contributed by atoms with Gasteiger partial charge >= 0.3 is 0 Å². The van der Waals surface area contributed by atoms with Gasteiger partial charge in [0.2, 0.25) is 5.88 Å². The SMILES string of the molecule is c1ccc(Oc2cccc(-c3ccccn3)n2)cc1. The third-order valence-electron chi connectivity index (χ3n) is 2.62. The summed E-state index contributed by atoms with van der Waals surface area (Å²) in [6.45, 7) is 0. The van der Waals surface area contributed by atoms with E-state index in [1.165, 1.54) is 0 Å². The molecule has 0 unspecified atom stereocenters. The predicted molar refractivity (Wildman–Crippen MR) is 74.0 cm³/mol. The molecule has 1 aromatic carbocycles. The maximum absolute atomic E-state index is 5.70. The maximum Gasteiger partial charge on any atom is 0.219 e. The van der Waals surface area contributed by atoms with E-state index < -0.39 is 0 Å². The largest absolute Gasteiger partial charge is 0.439 e. The van der Waals surface area contributed by atoms with Gasteiger partial charge < -0.3 is 4.74 Å². The second kappa shape index (κ2) is 5.31. The Balaban J connectivity index is 1.89. The minimum atomic E-state index is 0.564. The number of hydrogen-bond donors (Lipinski definition) is 0. The standard InChI is InChI=1S/C16H12N2O/c1-2-7-13(8-3-1)19-16-11-6-10-15(18-16)14-9-4-5-12-17-14/h1-12H. The van der Waals surface area contributed by atoms with Gasteiger partial charge in [-0.05, 0) is 30.3 Å². The van der Waals surface area contributed by atoms with Crippen molar-refractivity contribution in [2.75, 3.05) is 0 Å². The average molecular weight is 248 g/mol. The molecular formula is C16H12N2O. The Kier molecular flexibility index (Phi) is 3.19. The first-order valence-electron chi connectivity index (χ1n) is 6.03. The van der Waals surface area contributed by atoms with Crippen LogP contribution < -0.4 is 4.74 Å². The predicted octanol–water partition coefficient (Wildman–Crippen LogP) is 3.94. The molecule has 0 radical (unpaired) electrons. The van der Waals surface area contributed by atoms with Crippen LogP contribution in [0.15, 0.2) is 72.9 Å². The summed E-state index contributed by atoms with van der Waals surface area (Å²) in [5.74, 6) is 1.34. The third kappa shape index (κ3) is 2.77. The molecule has 0 bridgehead atoms. The Morgan fingerprint density at radius 1 is 0.684 bits per heavy atom. The van der Waals surface area contributed by atoms with Gasteiger partial charge in [-0.2, -0.15) is 0 Å². The summed E-state index contributed by atoms with van der Waals surface area (Å²) in [5.41, 5.74) is 1.63. The van der Waals surface area contributed by atoms with Crippen LogP contribution in [0.25, 0.3) is 11.4 Å². The first kappa shape index (κ1) is 11.4. The lowest BCUT2D eigenvalue weighted by Crippen LogP contribution is -1.91. The summed E-state index contributed by atoms with van der Waals surface area (Å²) in [7, 11) is 0. The molecule has 3 nitrogen and oxygen atoms in total. The molecule has 2 aromatic heterocycles. The highest BCUT2D eigenvalue weighted by Crippen LogP contribution is 2.22. The molecule has 0 atom stereocenters. The van der Waals surface area contributed by atoms with Crippen LogP contribution in [-0.2, 0) is 0 Å². The van der Waals surface area contributed by atoms with Crippen LogP contribution in [0, 0.1) is 0 Å². The molecule has 0 spiro atoms. The Morgan fingerprint density at radius 3 is 2.26 bits per heavy atom. The van der Waals surface area contributed by atoms with Crippen LogP contribution >= 0.6 is 0 Å². The topological polar surface area (TPSA) is 35.0 Å². The van der Waals surface area contributed by atoms with Crippen LogP contribution in [0.3, 0.4) is 0 Å². The zero-order valence-electron chi connectivity index (χ0n) is 10.2. The second-order valence-corrected chi connectivity index (χ2v) is 3.99. The van der Waals surface area contributed by atoms with Gasteiger partial charge in [-0.25, -0.2) is 4.98 Å². The lowest BCUT2D eigenvalue weighted by atomic mass is 10.2. The summed E-state index contributed by atoms with van der Waals surface area (Å²) in [5, 5.41) is 0. The molecule has 92 valence electrons. The fourth-order valence-corrected chi connectivity index (χ4v) is 1.74. The third-order valence-corrected chi connectivity index (χ3v) is 2.62. The van der Waals surface area contributed by atoms with Crippen LogP contribution in [0.5, 0.6) is 11.6 Å². The van der Waals surface area contributed by atoms with Crippen molar-refractivity contribution in [3.8, 4) is 23.0 Å².